The van der Waals surface area contributed by atoms with Gasteiger partial charge in [0.2, 0.25) is 5.91 Å². The highest BCUT2D eigenvalue weighted by atomic mass is 32.2. The lowest BCUT2D eigenvalue weighted by molar-refractivity contribution is -0.117. The standard InChI is InChI=1S/C28H34F2N4O3S/c29-28(30)37-24-10-6-20(27(36)32-26-11-7-21(18-38-26)19-4-2-1-3-5-19)16-23(24)31-25(35)17-33-12-14-34(15-13-33)22-8-9-22/h1-6,10,16,21-22,26,28H,7-9,11-15,17-18H2,(H,31,35)(H,32,36). The Bertz CT molecular complexity index is 1100. The fourth-order valence-corrected chi connectivity index (χ4v) is 6.49. The molecule has 38 heavy (non-hydrogen) atoms. The predicted octanol–water partition coefficient (Wildman–Crippen LogP) is 4.37. The van der Waals surface area contributed by atoms with Crippen LogP contribution in [0, 0.1) is 0 Å². The van der Waals surface area contributed by atoms with Gasteiger partial charge in [0.05, 0.1) is 17.6 Å². The molecule has 204 valence electrons. The molecule has 3 fully saturated rings. The van der Waals surface area contributed by atoms with Gasteiger partial charge in [-0.1, -0.05) is 30.3 Å². The Morgan fingerprint density at radius 2 is 1.76 bits per heavy atom. The molecule has 10 heteroatoms. The molecule has 7 nitrogen and oxygen atoms in total. The second kappa shape index (κ2) is 12.4. The maximum atomic E-state index is 13.0. The molecule has 0 radical (unpaired) electrons. The van der Waals surface area contributed by atoms with Gasteiger partial charge in [-0.05, 0) is 55.4 Å². The second-order valence-corrected chi connectivity index (χ2v) is 11.4. The minimum absolute atomic E-state index is 0.0354. The maximum Gasteiger partial charge on any atom is 0.387 e. The normalized spacial score (nSPS) is 22.7. The van der Waals surface area contributed by atoms with Crippen LogP contribution in [-0.2, 0) is 4.79 Å². The van der Waals surface area contributed by atoms with Crippen molar-refractivity contribution in [2.24, 2.45) is 0 Å². The Hall–Kier alpha value is -2.69. The first-order valence-corrected chi connectivity index (χ1v) is 14.3. The van der Waals surface area contributed by atoms with Crippen molar-refractivity contribution in [3.8, 4) is 5.75 Å². The summed E-state index contributed by atoms with van der Waals surface area (Å²) in [6.45, 7) is 0.548. The van der Waals surface area contributed by atoms with E-state index in [0.29, 0.717) is 12.0 Å². The number of rotatable bonds is 9. The SMILES string of the molecule is O=C(CN1CCN(C2CC2)CC1)Nc1cc(C(=O)NC2CCC(c3ccccc3)CS2)ccc1OC(F)F. The van der Waals surface area contributed by atoms with Crippen LogP contribution >= 0.6 is 11.8 Å². The molecule has 2 saturated heterocycles. The average molecular weight is 545 g/mol. The van der Waals surface area contributed by atoms with Crippen LogP contribution in [0.2, 0.25) is 0 Å². The number of piperazine rings is 1. The van der Waals surface area contributed by atoms with Crippen molar-refractivity contribution >= 4 is 29.3 Å². The van der Waals surface area contributed by atoms with Crippen molar-refractivity contribution in [1.29, 1.82) is 0 Å². The van der Waals surface area contributed by atoms with Gasteiger partial charge in [-0.3, -0.25) is 19.4 Å². The van der Waals surface area contributed by atoms with E-state index in [0.717, 1.165) is 44.8 Å². The third-order valence-corrected chi connectivity index (χ3v) is 8.76. The second-order valence-electron chi connectivity index (χ2n) is 10.2. The number of carbonyl (C=O) groups excluding carboxylic acids is 2. The van der Waals surface area contributed by atoms with Gasteiger partial charge in [-0.15, -0.1) is 11.8 Å². The third kappa shape index (κ3) is 7.24. The van der Waals surface area contributed by atoms with Crippen molar-refractivity contribution in [3.63, 3.8) is 0 Å². The number of benzene rings is 2. The quantitative estimate of drug-likeness (QED) is 0.489. The van der Waals surface area contributed by atoms with E-state index in [1.54, 1.807) is 11.8 Å². The van der Waals surface area contributed by atoms with E-state index in [4.69, 9.17) is 0 Å². The fourth-order valence-electron chi connectivity index (χ4n) is 5.17. The van der Waals surface area contributed by atoms with Gasteiger partial charge in [-0.2, -0.15) is 8.78 Å². The maximum absolute atomic E-state index is 13.0. The summed E-state index contributed by atoms with van der Waals surface area (Å²) < 4.78 is 30.6. The number of anilines is 1. The van der Waals surface area contributed by atoms with Crippen LogP contribution in [0.1, 0.15) is 47.5 Å². The van der Waals surface area contributed by atoms with Gasteiger partial charge in [0.1, 0.15) is 5.75 Å². The van der Waals surface area contributed by atoms with Gasteiger partial charge in [-0.25, -0.2) is 0 Å². The van der Waals surface area contributed by atoms with Crippen LogP contribution in [0.5, 0.6) is 5.75 Å². The summed E-state index contributed by atoms with van der Waals surface area (Å²) in [6.07, 6.45) is 4.31. The Balaban J connectivity index is 1.17. The summed E-state index contributed by atoms with van der Waals surface area (Å²) in [5.74, 6) is 0.568. The first-order chi connectivity index (χ1) is 18.4. The molecule has 2 heterocycles. The number of hydrogen-bond acceptors (Lipinski definition) is 6. The molecule has 0 bridgehead atoms. The van der Waals surface area contributed by atoms with Crippen LogP contribution in [-0.4, -0.2) is 78.1 Å². The minimum atomic E-state index is -3.04. The summed E-state index contributed by atoms with van der Waals surface area (Å²) >= 11 is 1.71. The van der Waals surface area contributed by atoms with Crippen LogP contribution in [0.3, 0.4) is 0 Å². The van der Waals surface area contributed by atoms with Crippen LogP contribution < -0.4 is 15.4 Å². The molecule has 2 N–H and O–H groups in total. The molecule has 3 aliphatic rings. The lowest BCUT2D eigenvalue weighted by Crippen LogP contribution is -2.49. The third-order valence-electron chi connectivity index (χ3n) is 7.41. The molecule has 2 aromatic carbocycles. The minimum Gasteiger partial charge on any atom is -0.433 e. The molecular formula is C28H34F2N4O3S. The largest absolute Gasteiger partial charge is 0.433 e. The summed E-state index contributed by atoms with van der Waals surface area (Å²) in [7, 11) is 0. The number of thioether (sulfide) groups is 1. The van der Waals surface area contributed by atoms with E-state index >= 15 is 0 Å². The van der Waals surface area contributed by atoms with Crippen molar-refractivity contribution in [2.75, 3.05) is 43.8 Å². The number of nitrogens with one attached hydrogen (secondary N) is 2. The molecule has 2 aliphatic heterocycles. The average Bonchev–Trinajstić information content (AvgIpc) is 3.76. The van der Waals surface area contributed by atoms with Crippen molar-refractivity contribution < 1.29 is 23.1 Å². The summed E-state index contributed by atoms with van der Waals surface area (Å²) in [4.78, 5) is 30.3. The molecule has 0 aromatic heterocycles. The van der Waals surface area contributed by atoms with Crippen molar-refractivity contribution in [1.82, 2.24) is 15.1 Å². The van der Waals surface area contributed by atoms with Crippen molar-refractivity contribution in [2.45, 2.75) is 49.6 Å². The lowest BCUT2D eigenvalue weighted by atomic mass is 9.95. The number of ether oxygens (including phenoxy) is 1. The molecule has 1 saturated carbocycles. The first kappa shape index (κ1) is 26.9. The molecule has 2 unspecified atom stereocenters. The summed E-state index contributed by atoms with van der Waals surface area (Å²) in [5, 5.41) is 5.70. The monoisotopic (exact) mass is 544 g/mol. The Kier molecular flexibility index (Phi) is 8.81. The summed E-state index contributed by atoms with van der Waals surface area (Å²) in [6, 6.07) is 15.2. The first-order valence-electron chi connectivity index (χ1n) is 13.3. The van der Waals surface area contributed by atoms with Gasteiger partial charge >= 0.3 is 6.61 Å². The topological polar surface area (TPSA) is 73.9 Å². The molecule has 1 aliphatic carbocycles. The fraction of sp³-hybridized carbons (Fsp3) is 0.500. The van der Waals surface area contributed by atoms with E-state index in [9.17, 15) is 18.4 Å². The summed E-state index contributed by atoms with van der Waals surface area (Å²) in [5.41, 5.74) is 1.66. The van der Waals surface area contributed by atoms with Gasteiger partial charge in [0, 0.05) is 43.5 Å². The van der Waals surface area contributed by atoms with E-state index in [-0.39, 0.29) is 40.7 Å². The zero-order chi connectivity index (χ0) is 26.5. The Labute approximate surface area is 226 Å². The van der Waals surface area contributed by atoms with Gasteiger partial charge < -0.3 is 15.4 Å². The van der Waals surface area contributed by atoms with Crippen LogP contribution in [0.4, 0.5) is 14.5 Å². The highest BCUT2D eigenvalue weighted by Gasteiger charge is 2.31. The van der Waals surface area contributed by atoms with E-state index < -0.39 is 6.61 Å². The zero-order valence-electron chi connectivity index (χ0n) is 21.3. The Morgan fingerprint density at radius 1 is 1.00 bits per heavy atom. The molecule has 2 aromatic rings. The van der Waals surface area contributed by atoms with Gasteiger partial charge in [0.25, 0.3) is 5.91 Å². The van der Waals surface area contributed by atoms with E-state index in [1.165, 1.54) is 36.6 Å². The zero-order valence-corrected chi connectivity index (χ0v) is 22.1. The molecule has 2 amide bonds. The smallest absolute Gasteiger partial charge is 0.387 e. The van der Waals surface area contributed by atoms with E-state index in [2.05, 4.69) is 37.3 Å². The number of carbonyl (C=O) groups is 2. The number of alkyl halides is 2. The number of halogens is 2. The molecule has 2 atom stereocenters. The highest BCUT2D eigenvalue weighted by Crippen LogP contribution is 2.35. The predicted molar refractivity (Wildman–Crippen MR) is 145 cm³/mol. The van der Waals surface area contributed by atoms with Crippen LogP contribution in [0.15, 0.2) is 48.5 Å². The molecule has 5 rings (SSSR count). The Morgan fingerprint density at radius 3 is 2.42 bits per heavy atom. The molecule has 0 spiro atoms. The van der Waals surface area contributed by atoms with Gasteiger partial charge in [0.15, 0.2) is 0 Å². The number of nitrogens with zero attached hydrogens (tertiary/aromatic N) is 2. The lowest BCUT2D eigenvalue weighted by Gasteiger charge is -2.34. The number of amides is 2. The van der Waals surface area contributed by atoms with E-state index in [1.807, 2.05) is 18.2 Å². The number of hydrogen-bond donors (Lipinski definition) is 2. The van der Waals surface area contributed by atoms with Crippen LogP contribution in [0.25, 0.3) is 0 Å². The highest BCUT2D eigenvalue weighted by molar-refractivity contribution is 7.99. The van der Waals surface area contributed by atoms with Crippen molar-refractivity contribution in [3.05, 3.63) is 59.7 Å². The molecular weight excluding hydrogens is 510 g/mol.